The normalized spacial score (nSPS) is 17.8. The largest absolute Gasteiger partial charge is 0.488 e. The van der Waals surface area contributed by atoms with Crippen molar-refractivity contribution in [3.63, 3.8) is 0 Å². The quantitative estimate of drug-likeness (QED) is 0.779. The Balaban J connectivity index is 1.96. The van der Waals surface area contributed by atoms with Crippen LogP contribution in [0.15, 0.2) is 24.3 Å². The Hall–Kier alpha value is -1.51. The molecule has 2 rings (SSSR count). The second-order valence-electron chi connectivity index (χ2n) is 5.51. The lowest BCUT2D eigenvalue weighted by molar-refractivity contribution is -0.139. The Kier molecular flexibility index (Phi) is 4.46. The first-order valence-electron chi connectivity index (χ1n) is 6.96. The highest BCUT2D eigenvalue weighted by Gasteiger charge is 2.28. The molecule has 0 saturated heterocycles. The lowest BCUT2D eigenvalue weighted by Crippen LogP contribution is -2.34. The van der Waals surface area contributed by atoms with Gasteiger partial charge in [-0.1, -0.05) is 18.6 Å². The SMILES string of the molecule is COC(=O)Cc1ccc(OC2(C)CCCCC2)cc1. The highest BCUT2D eigenvalue weighted by molar-refractivity contribution is 5.72. The molecule has 0 amide bonds. The maximum Gasteiger partial charge on any atom is 0.309 e. The van der Waals surface area contributed by atoms with Gasteiger partial charge in [0, 0.05) is 0 Å². The molecule has 19 heavy (non-hydrogen) atoms. The minimum Gasteiger partial charge on any atom is -0.488 e. The lowest BCUT2D eigenvalue weighted by atomic mass is 9.86. The molecule has 1 aromatic rings. The molecule has 0 heterocycles. The molecule has 0 bridgehead atoms. The molecular formula is C16H22O3. The van der Waals surface area contributed by atoms with E-state index in [0.717, 1.165) is 24.2 Å². The Morgan fingerprint density at radius 1 is 1.16 bits per heavy atom. The Morgan fingerprint density at radius 2 is 1.79 bits per heavy atom. The Morgan fingerprint density at radius 3 is 2.37 bits per heavy atom. The first-order chi connectivity index (χ1) is 9.11. The Bertz CT molecular complexity index is 416. The van der Waals surface area contributed by atoms with E-state index in [1.54, 1.807) is 0 Å². The monoisotopic (exact) mass is 262 g/mol. The topological polar surface area (TPSA) is 35.5 Å². The van der Waals surface area contributed by atoms with Crippen molar-refractivity contribution >= 4 is 5.97 Å². The number of esters is 1. The van der Waals surface area contributed by atoms with E-state index in [1.165, 1.54) is 26.4 Å². The third-order valence-electron chi connectivity index (χ3n) is 3.77. The van der Waals surface area contributed by atoms with Gasteiger partial charge in [-0.25, -0.2) is 0 Å². The standard InChI is InChI=1S/C16H22O3/c1-16(10-4-3-5-11-16)19-14-8-6-13(7-9-14)12-15(17)18-2/h6-9H,3-5,10-12H2,1-2H3. The van der Waals surface area contributed by atoms with Crippen LogP contribution in [0, 0.1) is 0 Å². The minimum absolute atomic E-state index is 0.0257. The van der Waals surface area contributed by atoms with Gasteiger partial charge < -0.3 is 9.47 Å². The summed E-state index contributed by atoms with van der Waals surface area (Å²) in [6, 6.07) is 7.74. The maximum atomic E-state index is 11.2. The van der Waals surface area contributed by atoms with E-state index in [0.29, 0.717) is 6.42 Å². The van der Waals surface area contributed by atoms with Crippen molar-refractivity contribution in [3.05, 3.63) is 29.8 Å². The zero-order chi connectivity index (χ0) is 13.7. The zero-order valence-electron chi connectivity index (χ0n) is 11.8. The van der Waals surface area contributed by atoms with E-state index >= 15 is 0 Å². The van der Waals surface area contributed by atoms with Gasteiger partial charge in [-0.15, -0.1) is 0 Å². The molecular weight excluding hydrogens is 240 g/mol. The van der Waals surface area contributed by atoms with Crippen LogP contribution < -0.4 is 4.74 Å². The maximum absolute atomic E-state index is 11.2. The first kappa shape index (κ1) is 13.9. The number of ether oxygens (including phenoxy) is 2. The fourth-order valence-corrected chi connectivity index (χ4v) is 2.60. The molecule has 1 aliphatic carbocycles. The zero-order valence-corrected chi connectivity index (χ0v) is 11.8. The van der Waals surface area contributed by atoms with Gasteiger partial charge in [-0.3, -0.25) is 4.79 Å². The summed E-state index contributed by atoms with van der Waals surface area (Å²) in [5.74, 6) is 0.672. The van der Waals surface area contributed by atoms with Crippen LogP contribution in [-0.4, -0.2) is 18.7 Å². The van der Waals surface area contributed by atoms with Crippen LogP contribution in [0.2, 0.25) is 0 Å². The van der Waals surface area contributed by atoms with Crippen molar-refractivity contribution in [1.29, 1.82) is 0 Å². The second kappa shape index (κ2) is 6.09. The van der Waals surface area contributed by atoms with Gasteiger partial charge in [0.1, 0.15) is 11.4 Å². The molecule has 0 radical (unpaired) electrons. The fraction of sp³-hybridized carbons (Fsp3) is 0.562. The van der Waals surface area contributed by atoms with Crippen LogP contribution >= 0.6 is 0 Å². The number of methoxy groups -OCH3 is 1. The Labute approximate surface area is 114 Å². The van der Waals surface area contributed by atoms with E-state index in [9.17, 15) is 4.79 Å². The number of carbonyl (C=O) groups excluding carboxylic acids is 1. The van der Waals surface area contributed by atoms with Crippen molar-refractivity contribution in [2.24, 2.45) is 0 Å². The van der Waals surface area contributed by atoms with Crippen molar-refractivity contribution in [2.45, 2.75) is 51.0 Å². The average molecular weight is 262 g/mol. The molecule has 1 aromatic carbocycles. The third-order valence-corrected chi connectivity index (χ3v) is 3.77. The number of benzene rings is 1. The summed E-state index contributed by atoms with van der Waals surface area (Å²) in [4.78, 5) is 11.2. The van der Waals surface area contributed by atoms with Gasteiger partial charge in [-0.05, 0) is 50.3 Å². The van der Waals surface area contributed by atoms with E-state index < -0.39 is 0 Å². The molecule has 3 nitrogen and oxygen atoms in total. The van der Waals surface area contributed by atoms with Crippen LogP contribution in [0.3, 0.4) is 0 Å². The highest BCUT2D eigenvalue weighted by Crippen LogP contribution is 2.32. The average Bonchev–Trinajstić information content (AvgIpc) is 2.41. The van der Waals surface area contributed by atoms with E-state index in [1.807, 2.05) is 24.3 Å². The molecule has 0 spiro atoms. The summed E-state index contributed by atoms with van der Waals surface area (Å²) in [7, 11) is 1.41. The molecule has 0 N–H and O–H groups in total. The molecule has 1 saturated carbocycles. The van der Waals surface area contributed by atoms with E-state index in [4.69, 9.17) is 4.74 Å². The molecule has 0 aliphatic heterocycles. The summed E-state index contributed by atoms with van der Waals surface area (Å²) < 4.78 is 10.8. The van der Waals surface area contributed by atoms with Crippen LogP contribution in [-0.2, 0) is 16.0 Å². The van der Waals surface area contributed by atoms with E-state index in [-0.39, 0.29) is 11.6 Å². The number of carbonyl (C=O) groups is 1. The summed E-state index contributed by atoms with van der Waals surface area (Å²) >= 11 is 0. The lowest BCUT2D eigenvalue weighted by Gasteiger charge is -2.34. The molecule has 1 fully saturated rings. The van der Waals surface area contributed by atoms with Crippen LogP contribution in [0.4, 0.5) is 0 Å². The number of hydrogen-bond donors (Lipinski definition) is 0. The summed E-state index contributed by atoms with van der Waals surface area (Å²) in [6.45, 7) is 2.19. The van der Waals surface area contributed by atoms with Gasteiger partial charge in [0.15, 0.2) is 0 Å². The second-order valence-corrected chi connectivity index (χ2v) is 5.51. The van der Waals surface area contributed by atoms with Crippen molar-refractivity contribution < 1.29 is 14.3 Å². The highest BCUT2D eigenvalue weighted by atomic mass is 16.5. The molecule has 0 unspecified atom stereocenters. The molecule has 1 aliphatic rings. The number of rotatable bonds is 4. The van der Waals surface area contributed by atoms with Gasteiger partial charge >= 0.3 is 5.97 Å². The smallest absolute Gasteiger partial charge is 0.309 e. The van der Waals surface area contributed by atoms with Crippen LogP contribution in [0.5, 0.6) is 5.75 Å². The summed E-state index contributed by atoms with van der Waals surface area (Å²) in [5.41, 5.74) is 0.926. The van der Waals surface area contributed by atoms with Crippen LogP contribution in [0.1, 0.15) is 44.6 Å². The van der Waals surface area contributed by atoms with Gasteiger partial charge in [0.2, 0.25) is 0 Å². The summed E-state index contributed by atoms with van der Waals surface area (Å²) in [6.07, 6.45) is 6.37. The van der Waals surface area contributed by atoms with E-state index in [2.05, 4.69) is 11.7 Å². The molecule has 0 atom stereocenters. The van der Waals surface area contributed by atoms with Crippen LogP contribution in [0.25, 0.3) is 0 Å². The fourth-order valence-electron chi connectivity index (χ4n) is 2.60. The van der Waals surface area contributed by atoms with Crippen molar-refractivity contribution in [2.75, 3.05) is 7.11 Å². The number of hydrogen-bond acceptors (Lipinski definition) is 3. The predicted molar refractivity (Wildman–Crippen MR) is 74.3 cm³/mol. The molecule has 0 aromatic heterocycles. The molecule has 104 valence electrons. The van der Waals surface area contributed by atoms with Crippen molar-refractivity contribution in [3.8, 4) is 5.75 Å². The van der Waals surface area contributed by atoms with Gasteiger partial charge in [-0.2, -0.15) is 0 Å². The van der Waals surface area contributed by atoms with Gasteiger partial charge in [0.05, 0.1) is 13.5 Å². The molecule has 3 heteroatoms. The predicted octanol–water partition coefficient (Wildman–Crippen LogP) is 3.50. The first-order valence-corrected chi connectivity index (χ1v) is 6.96. The van der Waals surface area contributed by atoms with Gasteiger partial charge in [0.25, 0.3) is 0 Å². The van der Waals surface area contributed by atoms with Crippen molar-refractivity contribution in [1.82, 2.24) is 0 Å². The minimum atomic E-state index is -0.215. The summed E-state index contributed by atoms with van der Waals surface area (Å²) in [5, 5.41) is 0. The third kappa shape index (κ3) is 3.98.